The molecule has 3 aromatic rings. The average molecular weight is 448 g/mol. The van der Waals surface area contributed by atoms with Crippen LogP contribution in [-0.2, 0) is 4.79 Å². The lowest BCUT2D eigenvalue weighted by molar-refractivity contribution is -0.114. The van der Waals surface area contributed by atoms with Crippen molar-refractivity contribution in [1.29, 1.82) is 0 Å². The predicted octanol–water partition coefficient (Wildman–Crippen LogP) is 4.33. The van der Waals surface area contributed by atoms with Gasteiger partial charge in [0.2, 0.25) is 5.91 Å². The van der Waals surface area contributed by atoms with Crippen LogP contribution in [0.1, 0.15) is 24.2 Å². The Morgan fingerprint density at radius 2 is 1.48 bits per heavy atom. The van der Waals surface area contributed by atoms with E-state index >= 15 is 0 Å². The molecular weight excluding hydrogens is 418 g/mol. The lowest BCUT2D eigenvalue weighted by Gasteiger charge is -2.14. The number of carbonyl (C=O) groups is 2. The van der Waals surface area contributed by atoms with E-state index < -0.39 is 0 Å². The fourth-order valence-electron chi connectivity index (χ4n) is 2.99. The van der Waals surface area contributed by atoms with Gasteiger partial charge in [-0.3, -0.25) is 9.59 Å². The van der Waals surface area contributed by atoms with Crippen molar-refractivity contribution in [3.63, 3.8) is 0 Å². The molecule has 33 heavy (non-hydrogen) atoms. The Labute approximate surface area is 194 Å². The molecule has 7 nitrogen and oxygen atoms in total. The third-order valence-corrected chi connectivity index (χ3v) is 4.53. The topological polar surface area (TPSA) is 88.7 Å². The molecule has 0 aliphatic carbocycles. The quantitative estimate of drug-likeness (QED) is 0.381. The molecule has 0 spiro atoms. The van der Waals surface area contributed by atoms with E-state index in [9.17, 15) is 9.59 Å². The van der Waals surface area contributed by atoms with Crippen molar-refractivity contribution < 1.29 is 19.1 Å². The minimum absolute atomic E-state index is 0.0715. The third kappa shape index (κ3) is 7.88. The van der Waals surface area contributed by atoms with Crippen molar-refractivity contribution in [3.05, 3.63) is 84.4 Å². The zero-order chi connectivity index (χ0) is 23.5. The van der Waals surface area contributed by atoms with Gasteiger partial charge in [0.05, 0.1) is 12.2 Å². The van der Waals surface area contributed by atoms with Gasteiger partial charge in [0.25, 0.3) is 5.91 Å². The molecule has 0 saturated heterocycles. The molecule has 0 radical (unpaired) electrons. The summed E-state index contributed by atoms with van der Waals surface area (Å²) in [6.45, 7) is 4.63. The van der Waals surface area contributed by atoms with Crippen molar-refractivity contribution in [1.82, 2.24) is 5.32 Å². The van der Waals surface area contributed by atoms with Gasteiger partial charge in [-0.25, -0.2) is 0 Å². The largest absolute Gasteiger partial charge is 0.490 e. The van der Waals surface area contributed by atoms with Crippen molar-refractivity contribution in [2.45, 2.75) is 19.9 Å². The van der Waals surface area contributed by atoms with Crippen LogP contribution in [0.3, 0.4) is 0 Å². The van der Waals surface area contributed by atoms with E-state index in [0.717, 1.165) is 11.4 Å². The number of amides is 2. The van der Waals surface area contributed by atoms with Crippen LogP contribution in [0.2, 0.25) is 0 Å². The Morgan fingerprint density at radius 1 is 0.818 bits per heavy atom. The fraction of sp³-hybridized carbons (Fsp3) is 0.231. The summed E-state index contributed by atoms with van der Waals surface area (Å²) < 4.78 is 11.4. The maximum absolute atomic E-state index is 12.4. The van der Waals surface area contributed by atoms with E-state index in [1.807, 2.05) is 56.3 Å². The molecule has 0 atom stereocenters. The molecule has 0 aromatic heterocycles. The summed E-state index contributed by atoms with van der Waals surface area (Å²) in [4.78, 5) is 24.5. The minimum atomic E-state index is -0.215. The monoisotopic (exact) mass is 447 g/mol. The number of anilines is 2. The molecule has 0 unspecified atom stereocenters. The summed E-state index contributed by atoms with van der Waals surface area (Å²) in [6, 6.07) is 23.8. The minimum Gasteiger partial charge on any atom is -0.490 e. The highest BCUT2D eigenvalue weighted by Gasteiger charge is 2.09. The second-order valence-electron chi connectivity index (χ2n) is 7.61. The van der Waals surface area contributed by atoms with Crippen LogP contribution < -0.4 is 25.4 Å². The summed E-state index contributed by atoms with van der Waals surface area (Å²) in [7, 11) is 0. The van der Waals surface area contributed by atoms with E-state index in [0.29, 0.717) is 30.2 Å². The van der Waals surface area contributed by atoms with Crippen LogP contribution in [0, 0.1) is 0 Å². The molecule has 0 heterocycles. The van der Waals surface area contributed by atoms with Crippen LogP contribution >= 0.6 is 0 Å². The van der Waals surface area contributed by atoms with E-state index in [1.165, 1.54) is 0 Å². The van der Waals surface area contributed by atoms with Gasteiger partial charge < -0.3 is 25.4 Å². The molecule has 3 aromatic carbocycles. The highest BCUT2D eigenvalue weighted by molar-refractivity contribution is 5.96. The second kappa shape index (κ2) is 12.1. The Hall–Kier alpha value is -4.00. The van der Waals surface area contributed by atoms with E-state index in [-0.39, 0.29) is 24.4 Å². The maximum atomic E-state index is 12.4. The summed E-state index contributed by atoms with van der Waals surface area (Å²) in [5.41, 5.74) is 1.90. The first-order valence-corrected chi connectivity index (χ1v) is 10.9. The molecule has 0 aliphatic rings. The Bertz CT molecular complexity index is 1040. The molecule has 2 amide bonds. The van der Waals surface area contributed by atoms with Crippen LogP contribution in [0.25, 0.3) is 0 Å². The van der Waals surface area contributed by atoms with Gasteiger partial charge in [0, 0.05) is 17.3 Å². The van der Waals surface area contributed by atoms with Crippen molar-refractivity contribution in [3.8, 4) is 11.5 Å². The van der Waals surface area contributed by atoms with Gasteiger partial charge in [-0.1, -0.05) is 30.3 Å². The number of para-hydroxylation sites is 3. The first-order chi connectivity index (χ1) is 16.0. The maximum Gasteiger partial charge on any atom is 0.251 e. The smallest absolute Gasteiger partial charge is 0.251 e. The number of carbonyl (C=O) groups excluding carboxylic acids is 2. The van der Waals surface area contributed by atoms with Gasteiger partial charge >= 0.3 is 0 Å². The van der Waals surface area contributed by atoms with Crippen molar-refractivity contribution in [2.24, 2.45) is 0 Å². The number of nitrogens with one attached hydrogen (secondary N) is 3. The number of hydrogen-bond donors (Lipinski definition) is 3. The van der Waals surface area contributed by atoms with Gasteiger partial charge in [-0.15, -0.1) is 0 Å². The SMILES string of the molecule is CC(C)NC(=O)c1ccc(NCC(=O)Nc2ccccc2OCCOc2ccccc2)cc1. The average Bonchev–Trinajstić information content (AvgIpc) is 2.82. The van der Waals surface area contributed by atoms with E-state index in [2.05, 4.69) is 16.0 Å². The summed E-state index contributed by atoms with van der Waals surface area (Å²) in [5.74, 6) is 1.01. The Kier molecular flexibility index (Phi) is 8.71. The third-order valence-electron chi connectivity index (χ3n) is 4.53. The Balaban J connectivity index is 1.46. The zero-order valence-electron chi connectivity index (χ0n) is 18.8. The van der Waals surface area contributed by atoms with Crippen LogP contribution in [0.5, 0.6) is 11.5 Å². The normalized spacial score (nSPS) is 10.4. The summed E-state index contributed by atoms with van der Waals surface area (Å²) in [6.07, 6.45) is 0. The van der Waals surface area contributed by atoms with Crippen LogP contribution in [-0.4, -0.2) is 37.6 Å². The summed E-state index contributed by atoms with van der Waals surface area (Å²) >= 11 is 0. The lowest BCUT2D eigenvalue weighted by atomic mass is 10.2. The molecule has 0 saturated carbocycles. The molecule has 3 N–H and O–H groups in total. The molecule has 0 fully saturated rings. The van der Waals surface area contributed by atoms with Crippen molar-refractivity contribution >= 4 is 23.2 Å². The molecule has 0 aliphatic heterocycles. The van der Waals surface area contributed by atoms with Crippen molar-refractivity contribution in [2.75, 3.05) is 30.4 Å². The number of benzene rings is 3. The number of rotatable bonds is 11. The number of ether oxygens (including phenoxy) is 2. The van der Waals surface area contributed by atoms with E-state index in [4.69, 9.17) is 9.47 Å². The van der Waals surface area contributed by atoms with Crippen LogP contribution in [0.4, 0.5) is 11.4 Å². The second-order valence-corrected chi connectivity index (χ2v) is 7.61. The lowest BCUT2D eigenvalue weighted by Crippen LogP contribution is -2.30. The van der Waals surface area contributed by atoms with E-state index in [1.54, 1.807) is 36.4 Å². The van der Waals surface area contributed by atoms with Gasteiger partial charge in [-0.05, 0) is 62.4 Å². The molecule has 7 heteroatoms. The highest BCUT2D eigenvalue weighted by Crippen LogP contribution is 2.23. The predicted molar refractivity (Wildman–Crippen MR) is 130 cm³/mol. The van der Waals surface area contributed by atoms with Gasteiger partial charge in [0.15, 0.2) is 0 Å². The first-order valence-electron chi connectivity index (χ1n) is 10.9. The number of hydrogen-bond acceptors (Lipinski definition) is 5. The van der Waals surface area contributed by atoms with Gasteiger partial charge in [0.1, 0.15) is 24.7 Å². The van der Waals surface area contributed by atoms with Crippen LogP contribution in [0.15, 0.2) is 78.9 Å². The zero-order valence-corrected chi connectivity index (χ0v) is 18.8. The van der Waals surface area contributed by atoms with Gasteiger partial charge in [-0.2, -0.15) is 0 Å². The molecular formula is C26H29N3O4. The molecule has 172 valence electrons. The highest BCUT2D eigenvalue weighted by atomic mass is 16.5. The molecule has 3 rings (SSSR count). The standard InChI is InChI=1S/C26H29N3O4/c1-19(2)28-26(31)20-12-14-21(15-13-20)27-18-25(30)29-23-10-6-7-11-24(23)33-17-16-32-22-8-4-3-5-9-22/h3-15,19,27H,16-18H2,1-2H3,(H,28,31)(H,29,30). The summed E-state index contributed by atoms with van der Waals surface area (Å²) in [5, 5.41) is 8.76. The molecule has 0 bridgehead atoms. The fourth-order valence-corrected chi connectivity index (χ4v) is 2.99. The first kappa shape index (κ1) is 23.7. The Morgan fingerprint density at radius 3 is 2.21 bits per heavy atom.